The molecule has 2 aromatic carbocycles. The minimum absolute atomic E-state index is 0.0249. The van der Waals surface area contributed by atoms with E-state index in [9.17, 15) is 29.1 Å². The molecule has 2 atom stereocenters. The van der Waals surface area contributed by atoms with Crippen LogP contribution in [0.15, 0.2) is 48.5 Å². The van der Waals surface area contributed by atoms with Crippen LogP contribution >= 0.6 is 0 Å². The second kappa shape index (κ2) is 18.1. The summed E-state index contributed by atoms with van der Waals surface area (Å²) in [5.41, 5.74) is 1.36. The quantitative estimate of drug-likeness (QED) is 0.265. The molecule has 51 heavy (non-hydrogen) atoms. The van der Waals surface area contributed by atoms with Gasteiger partial charge in [-0.15, -0.1) is 0 Å². The number of hydrogen-bond donors (Lipinski definition) is 3. The van der Waals surface area contributed by atoms with Gasteiger partial charge in [-0.25, -0.2) is 9.59 Å². The lowest BCUT2D eigenvalue weighted by Gasteiger charge is -2.35. The number of carbonyl (C=O) groups is 5. The number of rotatable bonds is 13. The first kappa shape index (κ1) is 39.2. The van der Waals surface area contributed by atoms with Crippen LogP contribution in [0.3, 0.4) is 0 Å². The summed E-state index contributed by atoms with van der Waals surface area (Å²) in [6.07, 6.45) is 4.24. The molecule has 0 aliphatic carbocycles. The lowest BCUT2D eigenvalue weighted by atomic mass is 9.86. The lowest BCUT2D eigenvalue weighted by molar-refractivity contribution is -0.142. The molecule has 2 aliphatic heterocycles. The lowest BCUT2D eigenvalue weighted by Crippen LogP contribution is -2.53. The third-order valence-electron chi connectivity index (χ3n) is 9.37. The molecule has 0 radical (unpaired) electrons. The Morgan fingerprint density at radius 2 is 1.49 bits per heavy atom. The van der Waals surface area contributed by atoms with E-state index >= 15 is 0 Å². The zero-order chi connectivity index (χ0) is 37.1. The average Bonchev–Trinajstić information content (AvgIpc) is 3.10. The molecule has 4 rings (SSSR count). The third kappa shape index (κ3) is 11.7. The van der Waals surface area contributed by atoms with E-state index in [0.29, 0.717) is 49.4 Å². The van der Waals surface area contributed by atoms with Crippen molar-refractivity contribution in [3.05, 3.63) is 59.7 Å². The van der Waals surface area contributed by atoms with E-state index in [4.69, 9.17) is 9.47 Å². The number of carbonyl (C=O) groups excluding carboxylic acids is 4. The maximum Gasteiger partial charge on any atom is 0.415 e. The summed E-state index contributed by atoms with van der Waals surface area (Å²) in [4.78, 5) is 67.7. The Balaban J connectivity index is 1.28. The first-order valence-corrected chi connectivity index (χ1v) is 18.1. The number of aliphatic carboxylic acids is 1. The second-order valence-corrected chi connectivity index (χ2v) is 15.0. The van der Waals surface area contributed by atoms with Crippen molar-refractivity contribution in [2.24, 2.45) is 11.8 Å². The number of para-hydroxylation sites is 1. The Hall–Kier alpha value is -4.61. The molecule has 2 heterocycles. The SMILES string of the molecule is CC(C)CC(NC(=O)COc1ccccc1C(C)(C)C)C(=O)NC(Cc1ccc(OC(=O)N2CCC(C(=O)N3CCCCC3)CC2)cc1)C(=O)O. The molecule has 12 heteroatoms. The molecular weight excluding hydrogens is 652 g/mol. The number of carboxylic acid groups (broad SMARTS) is 1. The number of ether oxygens (including phenoxy) is 2. The van der Waals surface area contributed by atoms with Gasteiger partial charge in [0.25, 0.3) is 5.91 Å². The normalized spacial score (nSPS) is 16.6. The number of piperidine rings is 2. The largest absolute Gasteiger partial charge is 0.483 e. The van der Waals surface area contributed by atoms with E-state index in [-0.39, 0.29) is 36.2 Å². The van der Waals surface area contributed by atoms with Crippen molar-refractivity contribution in [2.75, 3.05) is 32.8 Å². The Kier molecular flexibility index (Phi) is 13.9. The number of nitrogens with one attached hydrogen (secondary N) is 2. The molecule has 278 valence electrons. The van der Waals surface area contributed by atoms with E-state index in [0.717, 1.165) is 37.9 Å². The highest BCUT2D eigenvalue weighted by Gasteiger charge is 2.32. The van der Waals surface area contributed by atoms with Crippen molar-refractivity contribution < 1.29 is 38.6 Å². The highest BCUT2D eigenvalue weighted by molar-refractivity contribution is 5.91. The minimum atomic E-state index is -1.26. The minimum Gasteiger partial charge on any atom is -0.483 e. The first-order chi connectivity index (χ1) is 24.2. The molecule has 2 aliphatic rings. The van der Waals surface area contributed by atoms with E-state index in [2.05, 4.69) is 10.6 Å². The predicted octanol–water partition coefficient (Wildman–Crippen LogP) is 4.93. The fourth-order valence-electron chi connectivity index (χ4n) is 6.54. The van der Waals surface area contributed by atoms with Crippen LogP contribution in [0.2, 0.25) is 0 Å². The van der Waals surface area contributed by atoms with E-state index in [1.54, 1.807) is 35.2 Å². The summed E-state index contributed by atoms with van der Waals surface area (Å²) in [6, 6.07) is 11.7. The summed E-state index contributed by atoms with van der Waals surface area (Å²) >= 11 is 0. The number of amides is 4. The summed E-state index contributed by atoms with van der Waals surface area (Å²) < 4.78 is 11.4. The van der Waals surface area contributed by atoms with Gasteiger partial charge in [-0.2, -0.15) is 0 Å². The number of hydrogen-bond acceptors (Lipinski definition) is 7. The summed E-state index contributed by atoms with van der Waals surface area (Å²) in [5, 5.41) is 15.3. The average molecular weight is 707 g/mol. The van der Waals surface area contributed by atoms with Gasteiger partial charge in [0.1, 0.15) is 23.6 Å². The molecule has 2 fully saturated rings. The van der Waals surface area contributed by atoms with Crippen molar-refractivity contribution in [1.82, 2.24) is 20.4 Å². The number of likely N-dealkylation sites (tertiary alicyclic amines) is 2. The Labute approximate surface area is 301 Å². The van der Waals surface area contributed by atoms with E-state index in [1.165, 1.54) is 0 Å². The molecule has 2 unspecified atom stereocenters. The number of benzene rings is 2. The molecule has 0 spiro atoms. The maximum atomic E-state index is 13.3. The van der Waals surface area contributed by atoms with Crippen LogP contribution in [-0.4, -0.2) is 89.6 Å². The smallest absolute Gasteiger partial charge is 0.415 e. The molecular formula is C39H54N4O8. The Morgan fingerprint density at radius 3 is 2.10 bits per heavy atom. The molecule has 4 amide bonds. The van der Waals surface area contributed by atoms with Gasteiger partial charge in [-0.05, 0) is 79.2 Å². The van der Waals surface area contributed by atoms with E-state index < -0.39 is 36.0 Å². The van der Waals surface area contributed by atoms with Gasteiger partial charge in [0.05, 0.1) is 0 Å². The van der Waals surface area contributed by atoms with Crippen LogP contribution in [-0.2, 0) is 31.0 Å². The highest BCUT2D eigenvalue weighted by atomic mass is 16.6. The molecule has 2 saturated heterocycles. The predicted molar refractivity (Wildman–Crippen MR) is 192 cm³/mol. The molecule has 0 bridgehead atoms. The standard InChI is InChI=1S/C39H54N4O8/c1-26(2)23-31(40-34(44)25-50-33-12-8-7-11-30(33)39(3,4)5)35(45)41-32(37(47)48)24-27-13-15-29(16-14-27)51-38(49)43-21-17-28(18-22-43)36(46)42-19-9-6-10-20-42/h7-8,11-16,26,28,31-32H,6,9-10,17-25H2,1-5H3,(H,40,44)(H,41,45)(H,47,48). The zero-order valence-corrected chi connectivity index (χ0v) is 30.6. The zero-order valence-electron chi connectivity index (χ0n) is 30.6. The molecule has 0 saturated carbocycles. The number of nitrogens with zero attached hydrogens (tertiary/aromatic N) is 2. The Bertz CT molecular complexity index is 1510. The van der Waals surface area contributed by atoms with Crippen molar-refractivity contribution in [3.8, 4) is 11.5 Å². The molecule has 3 N–H and O–H groups in total. The third-order valence-corrected chi connectivity index (χ3v) is 9.37. The van der Waals surface area contributed by atoms with Crippen molar-refractivity contribution in [1.29, 1.82) is 0 Å². The van der Waals surface area contributed by atoms with Crippen LogP contribution < -0.4 is 20.1 Å². The fourth-order valence-corrected chi connectivity index (χ4v) is 6.54. The van der Waals surface area contributed by atoms with Gasteiger partial charge in [-0.3, -0.25) is 14.4 Å². The monoisotopic (exact) mass is 706 g/mol. The van der Waals surface area contributed by atoms with Crippen molar-refractivity contribution >= 4 is 29.8 Å². The highest BCUT2D eigenvalue weighted by Crippen LogP contribution is 2.31. The summed E-state index contributed by atoms with van der Waals surface area (Å²) in [6.45, 7) is 12.2. The topological polar surface area (TPSA) is 155 Å². The van der Waals surface area contributed by atoms with Gasteiger partial charge in [0, 0.05) is 38.5 Å². The van der Waals surface area contributed by atoms with Gasteiger partial charge in [0.2, 0.25) is 11.8 Å². The van der Waals surface area contributed by atoms with Crippen LogP contribution in [0, 0.1) is 11.8 Å². The summed E-state index contributed by atoms with van der Waals surface area (Å²) in [5.74, 6) is -1.28. The van der Waals surface area contributed by atoms with Crippen molar-refractivity contribution in [2.45, 2.75) is 97.1 Å². The van der Waals surface area contributed by atoms with Crippen LogP contribution in [0.4, 0.5) is 4.79 Å². The van der Waals surface area contributed by atoms with E-state index in [1.807, 2.05) is 57.7 Å². The Morgan fingerprint density at radius 1 is 0.843 bits per heavy atom. The molecule has 12 nitrogen and oxygen atoms in total. The fraction of sp³-hybridized carbons (Fsp3) is 0.564. The molecule has 0 aromatic heterocycles. The number of carboxylic acids is 1. The summed E-state index contributed by atoms with van der Waals surface area (Å²) in [7, 11) is 0. The van der Waals surface area contributed by atoms with Crippen LogP contribution in [0.5, 0.6) is 11.5 Å². The molecule has 2 aromatic rings. The van der Waals surface area contributed by atoms with Crippen LogP contribution in [0.25, 0.3) is 0 Å². The van der Waals surface area contributed by atoms with Crippen LogP contribution in [0.1, 0.15) is 84.3 Å². The van der Waals surface area contributed by atoms with Crippen molar-refractivity contribution in [3.63, 3.8) is 0 Å². The van der Waals surface area contributed by atoms with Gasteiger partial charge in [0.15, 0.2) is 6.61 Å². The second-order valence-electron chi connectivity index (χ2n) is 15.0. The maximum absolute atomic E-state index is 13.3. The van der Waals surface area contributed by atoms with Gasteiger partial charge in [-0.1, -0.05) is 65.0 Å². The van der Waals surface area contributed by atoms with Gasteiger partial charge >= 0.3 is 12.1 Å². The van der Waals surface area contributed by atoms with Gasteiger partial charge < -0.3 is 35.0 Å². The first-order valence-electron chi connectivity index (χ1n) is 18.1.